The Balaban J connectivity index is 3.58. The van der Waals surface area contributed by atoms with Crippen LogP contribution in [0.2, 0.25) is 0 Å². The molecule has 0 saturated heterocycles. The first-order valence-electron chi connectivity index (χ1n) is 4.67. The number of terminal acetylenes is 1. The molecule has 0 aromatic rings. The first-order valence-corrected chi connectivity index (χ1v) is 4.67. The lowest BCUT2D eigenvalue weighted by Gasteiger charge is -2.15. The number of likely N-dealkylation sites (N-methyl/N-ethyl adjacent to an activating group) is 1. The zero-order valence-corrected chi connectivity index (χ0v) is 9.13. The van der Waals surface area contributed by atoms with Crippen molar-refractivity contribution in [2.75, 3.05) is 33.7 Å². The second kappa shape index (κ2) is 7.36. The minimum Gasteiger partial charge on any atom is -0.344 e. The monoisotopic (exact) mass is 197 g/mol. The van der Waals surface area contributed by atoms with Gasteiger partial charge in [-0.05, 0) is 21.0 Å². The van der Waals surface area contributed by atoms with E-state index in [0.717, 1.165) is 13.1 Å². The van der Waals surface area contributed by atoms with Gasteiger partial charge in [-0.2, -0.15) is 0 Å². The maximum atomic E-state index is 11.3. The molecular formula is C10H19N3O. The molecular weight excluding hydrogens is 178 g/mol. The summed E-state index contributed by atoms with van der Waals surface area (Å²) in [7, 11) is 3.98. The van der Waals surface area contributed by atoms with Crippen LogP contribution >= 0.6 is 0 Å². The van der Waals surface area contributed by atoms with Gasteiger partial charge >= 0.3 is 0 Å². The SMILES string of the molecule is C#CCNC(=O)C(C)NCCN(C)C. The Kier molecular flexibility index (Phi) is 6.81. The Morgan fingerprint density at radius 3 is 2.71 bits per heavy atom. The summed E-state index contributed by atoms with van der Waals surface area (Å²) in [6, 6.07) is -0.191. The van der Waals surface area contributed by atoms with Crippen molar-refractivity contribution in [2.45, 2.75) is 13.0 Å². The number of carbonyl (C=O) groups is 1. The number of carbonyl (C=O) groups excluding carboxylic acids is 1. The summed E-state index contributed by atoms with van der Waals surface area (Å²) in [5.74, 6) is 2.31. The number of rotatable bonds is 6. The van der Waals surface area contributed by atoms with Crippen LogP contribution in [0.25, 0.3) is 0 Å². The molecule has 0 saturated carbocycles. The maximum Gasteiger partial charge on any atom is 0.237 e. The molecule has 14 heavy (non-hydrogen) atoms. The predicted molar refractivity (Wildman–Crippen MR) is 57.9 cm³/mol. The van der Waals surface area contributed by atoms with Crippen LogP contribution in [0.3, 0.4) is 0 Å². The Morgan fingerprint density at radius 1 is 1.57 bits per heavy atom. The Bertz CT molecular complexity index is 208. The van der Waals surface area contributed by atoms with Crippen LogP contribution in [0, 0.1) is 12.3 Å². The molecule has 4 heteroatoms. The Labute approximate surface area is 86.0 Å². The zero-order valence-electron chi connectivity index (χ0n) is 9.13. The maximum absolute atomic E-state index is 11.3. The fourth-order valence-electron chi connectivity index (χ4n) is 0.889. The van der Waals surface area contributed by atoms with Crippen molar-refractivity contribution in [1.82, 2.24) is 15.5 Å². The van der Waals surface area contributed by atoms with Crippen molar-refractivity contribution in [3.8, 4) is 12.3 Å². The average molecular weight is 197 g/mol. The molecule has 0 aliphatic heterocycles. The van der Waals surface area contributed by atoms with E-state index in [2.05, 4.69) is 21.5 Å². The van der Waals surface area contributed by atoms with Crippen molar-refractivity contribution in [3.63, 3.8) is 0 Å². The highest BCUT2D eigenvalue weighted by molar-refractivity contribution is 5.81. The fraction of sp³-hybridized carbons (Fsp3) is 0.700. The van der Waals surface area contributed by atoms with Crippen LogP contribution in [-0.4, -0.2) is 50.6 Å². The minimum absolute atomic E-state index is 0.0540. The molecule has 0 bridgehead atoms. The summed E-state index contributed by atoms with van der Waals surface area (Å²) in [6.45, 7) is 3.81. The third kappa shape index (κ3) is 6.46. The van der Waals surface area contributed by atoms with E-state index in [-0.39, 0.29) is 11.9 Å². The molecule has 1 amide bonds. The van der Waals surface area contributed by atoms with Gasteiger partial charge < -0.3 is 15.5 Å². The lowest BCUT2D eigenvalue weighted by Crippen LogP contribution is -2.44. The number of amides is 1. The number of nitrogens with zero attached hydrogens (tertiary/aromatic N) is 1. The highest BCUT2D eigenvalue weighted by atomic mass is 16.2. The number of hydrogen-bond acceptors (Lipinski definition) is 3. The van der Waals surface area contributed by atoms with Gasteiger partial charge in [0.1, 0.15) is 0 Å². The van der Waals surface area contributed by atoms with Crippen molar-refractivity contribution >= 4 is 5.91 Å². The van der Waals surface area contributed by atoms with Crippen molar-refractivity contribution in [2.24, 2.45) is 0 Å². The van der Waals surface area contributed by atoms with Gasteiger partial charge in [-0.1, -0.05) is 5.92 Å². The molecule has 0 aromatic carbocycles. The van der Waals surface area contributed by atoms with Gasteiger partial charge in [-0.15, -0.1) is 6.42 Å². The lowest BCUT2D eigenvalue weighted by atomic mass is 10.3. The van der Waals surface area contributed by atoms with Crippen LogP contribution in [0.1, 0.15) is 6.92 Å². The molecule has 2 N–H and O–H groups in total. The molecule has 80 valence electrons. The highest BCUT2D eigenvalue weighted by Crippen LogP contribution is 1.81. The average Bonchev–Trinajstić information content (AvgIpc) is 2.13. The number of nitrogens with one attached hydrogen (secondary N) is 2. The predicted octanol–water partition coefficient (Wildman–Crippen LogP) is -0.724. The summed E-state index contributed by atoms with van der Waals surface area (Å²) in [5, 5.41) is 5.72. The van der Waals surface area contributed by atoms with Gasteiger partial charge in [0.2, 0.25) is 5.91 Å². The third-order valence-electron chi connectivity index (χ3n) is 1.77. The summed E-state index contributed by atoms with van der Waals surface area (Å²) in [6.07, 6.45) is 5.03. The van der Waals surface area contributed by atoms with Gasteiger partial charge in [-0.3, -0.25) is 4.79 Å². The summed E-state index contributed by atoms with van der Waals surface area (Å²) >= 11 is 0. The second-order valence-electron chi connectivity index (χ2n) is 3.40. The van der Waals surface area contributed by atoms with E-state index in [1.165, 1.54) is 0 Å². The first-order chi connectivity index (χ1) is 6.57. The molecule has 0 rings (SSSR count). The van der Waals surface area contributed by atoms with Crippen molar-refractivity contribution in [1.29, 1.82) is 0 Å². The van der Waals surface area contributed by atoms with E-state index in [1.54, 1.807) is 0 Å². The molecule has 1 unspecified atom stereocenters. The normalized spacial score (nSPS) is 12.2. The smallest absolute Gasteiger partial charge is 0.237 e. The first kappa shape index (κ1) is 12.9. The van der Waals surface area contributed by atoms with Crippen molar-refractivity contribution < 1.29 is 4.79 Å². The molecule has 0 aliphatic carbocycles. The van der Waals surface area contributed by atoms with Crippen LogP contribution in [0.15, 0.2) is 0 Å². The summed E-state index contributed by atoms with van der Waals surface area (Å²) in [5.41, 5.74) is 0. The van der Waals surface area contributed by atoms with E-state index in [0.29, 0.717) is 6.54 Å². The van der Waals surface area contributed by atoms with E-state index in [1.807, 2.05) is 21.0 Å². The van der Waals surface area contributed by atoms with Crippen LogP contribution in [0.5, 0.6) is 0 Å². The standard InChI is InChI=1S/C10H19N3O/c1-5-6-12-10(14)9(2)11-7-8-13(3)4/h1,9,11H,6-8H2,2-4H3,(H,12,14). The topological polar surface area (TPSA) is 44.4 Å². The van der Waals surface area contributed by atoms with E-state index < -0.39 is 0 Å². The quantitative estimate of drug-likeness (QED) is 0.552. The van der Waals surface area contributed by atoms with E-state index in [9.17, 15) is 4.79 Å². The third-order valence-corrected chi connectivity index (χ3v) is 1.77. The molecule has 0 aromatic heterocycles. The van der Waals surface area contributed by atoms with E-state index in [4.69, 9.17) is 6.42 Å². The van der Waals surface area contributed by atoms with Gasteiger partial charge in [0.25, 0.3) is 0 Å². The molecule has 0 heterocycles. The summed E-state index contributed by atoms with van der Waals surface area (Å²) < 4.78 is 0. The molecule has 0 radical (unpaired) electrons. The zero-order chi connectivity index (χ0) is 11.0. The van der Waals surface area contributed by atoms with Gasteiger partial charge in [0.15, 0.2) is 0 Å². The van der Waals surface area contributed by atoms with Crippen molar-refractivity contribution in [3.05, 3.63) is 0 Å². The van der Waals surface area contributed by atoms with Gasteiger partial charge in [0.05, 0.1) is 12.6 Å². The number of hydrogen-bond donors (Lipinski definition) is 2. The Hall–Kier alpha value is -1.05. The second-order valence-corrected chi connectivity index (χ2v) is 3.40. The van der Waals surface area contributed by atoms with Gasteiger partial charge in [-0.25, -0.2) is 0 Å². The lowest BCUT2D eigenvalue weighted by molar-refractivity contribution is -0.122. The van der Waals surface area contributed by atoms with Crippen LogP contribution in [0.4, 0.5) is 0 Å². The van der Waals surface area contributed by atoms with Crippen LogP contribution in [-0.2, 0) is 4.79 Å². The van der Waals surface area contributed by atoms with E-state index >= 15 is 0 Å². The molecule has 0 spiro atoms. The molecule has 4 nitrogen and oxygen atoms in total. The molecule has 0 aliphatic rings. The largest absolute Gasteiger partial charge is 0.344 e. The Morgan fingerprint density at radius 2 is 2.21 bits per heavy atom. The summed E-state index contributed by atoms with van der Waals surface area (Å²) in [4.78, 5) is 13.3. The highest BCUT2D eigenvalue weighted by Gasteiger charge is 2.09. The minimum atomic E-state index is -0.191. The fourth-order valence-corrected chi connectivity index (χ4v) is 0.889. The van der Waals surface area contributed by atoms with Crippen LogP contribution < -0.4 is 10.6 Å². The molecule has 1 atom stereocenters. The molecule has 0 fully saturated rings. The van der Waals surface area contributed by atoms with Gasteiger partial charge in [0, 0.05) is 13.1 Å².